The number of hydrogen-bond donors (Lipinski definition) is 2. The molecule has 41 heavy (non-hydrogen) atoms. The molecule has 1 saturated carbocycles. The number of nitrogens with one attached hydrogen (secondary N) is 2. The van der Waals surface area contributed by atoms with Crippen LogP contribution in [0.3, 0.4) is 0 Å². The van der Waals surface area contributed by atoms with Crippen LogP contribution in [0.25, 0.3) is 10.8 Å². The normalized spacial score (nSPS) is 17.0. The van der Waals surface area contributed by atoms with Crippen molar-refractivity contribution >= 4 is 52.3 Å². The number of anilines is 2. The molecule has 1 aliphatic heterocycles. The summed E-state index contributed by atoms with van der Waals surface area (Å²) in [5.41, 5.74) is 3.88. The van der Waals surface area contributed by atoms with Gasteiger partial charge in [-0.15, -0.1) is 12.4 Å². The van der Waals surface area contributed by atoms with E-state index in [4.69, 9.17) is 0 Å². The van der Waals surface area contributed by atoms with Crippen LogP contribution in [0, 0.1) is 22.7 Å². The van der Waals surface area contributed by atoms with Crippen LogP contribution in [0.4, 0.5) is 11.4 Å². The third-order valence-electron chi connectivity index (χ3n) is 7.80. The van der Waals surface area contributed by atoms with Crippen molar-refractivity contribution in [3.8, 4) is 12.1 Å². The van der Waals surface area contributed by atoms with Crippen molar-refractivity contribution in [3.63, 3.8) is 0 Å². The predicted molar refractivity (Wildman–Crippen MR) is 159 cm³/mol. The standard InChI is InChI=1S/C31H30N6O3.ClH/c1-18(34-3)30(39)35-27-17-36(19(2)38)29-13-20(14-32)7-12-28(29)37(31(27)40)16-26-23(21-8-9-21)10-11-24-22(15-33)5-4-6-25(24)26;/h4-7,10-13,18,21,27,34H,8-9,16-17H2,1-3H3,(H,35,39);1H/t18-,27-;/m0./s1. The largest absolute Gasteiger partial charge is 0.341 e. The summed E-state index contributed by atoms with van der Waals surface area (Å²) in [5, 5.41) is 26.7. The Balaban J connectivity index is 0.00000387. The number of rotatable bonds is 6. The van der Waals surface area contributed by atoms with Gasteiger partial charge < -0.3 is 20.4 Å². The SMILES string of the molecule is CN[C@@H](C)C(=O)N[C@H]1CN(C(C)=O)c2cc(C#N)ccc2N(Cc2c(C3CC3)ccc3c(C#N)cccc23)C1=O.Cl. The van der Waals surface area contributed by atoms with Gasteiger partial charge in [-0.3, -0.25) is 14.4 Å². The van der Waals surface area contributed by atoms with E-state index in [0.717, 1.165) is 34.7 Å². The second kappa shape index (κ2) is 12.0. The maximum absolute atomic E-state index is 14.3. The van der Waals surface area contributed by atoms with Gasteiger partial charge in [0.15, 0.2) is 0 Å². The van der Waals surface area contributed by atoms with Gasteiger partial charge >= 0.3 is 0 Å². The fraction of sp³-hybridized carbons (Fsp3) is 0.323. The fourth-order valence-electron chi connectivity index (χ4n) is 5.35. The highest BCUT2D eigenvalue weighted by Gasteiger charge is 2.38. The predicted octanol–water partition coefficient (Wildman–Crippen LogP) is 3.87. The molecule has 3 amide bonds. The van der Waals surface area contributed by atoms with Crippen molar-refractivity contribution in [1.82, 2.24) is 10.6 Å². The van der Waals surface area contributed by atoms with E-state index < -0.39 is 12.1 Å². The molecular formula is C31H31ClN6O3. The molecule has 1 heterocycles. The molecular weight excluding hydrogens is 540 g/mol. The number of carbonyl (C=O) groups excluding carboxylic acids is 3. The zero-order valence-corrected chi connectivity index (χ0v) is 23.9. The molecule has 3 aromatic carbocycles. The second-order valence-electron chi connectivity index (χ2n) is 10.4. The van der Waals surface area contributed by atoms with Crippen LogP contribution in [-0.4, -0.2) is 43.4 Å². The van der Waals surface area contributed by atoms with E-state index in [1.807, 2.05) is 24.3 Å². The molecule has 2 N–H and O–H groups in total. The van der Waals surface area contributed by atoms with Crippen molar-refractivity contribution < 1.29 is 14.4 Å². The summed E-state index contributed by atoms with van der Waals surface area (Å²) < 4.78 is 0. The first kappa shape index (κ1) is 29.5. The monoisotopic (exact) mass is 570 g/mol. The highest BCUT2D eigenvalue weighted by atomic mass is 35.5. The Bertz CT molecular complexity index is 1620. The highest BCUT2D eigenvalue weighted by Crippen LogP contribution is 2.45. The Morgan fingerprint density at radius 3 is 2.44 bits per heavy atom. The number of nitriles is 2. The van der Waals surface area contributed by atoms with Gasteiger partial charge in [0.25, 0.3) is 5.91 Å². The lowest BCUT2D eigenvalue weighted by Crippen LogP contribution is -2.55. The number of hydrogen-bond acceptors (Lipinski definition) is 6. The van der Waals surface area contributed by atoms with Crippen molar-refractivity contribution in [2.45, 2.75) is 51.2 Å². The molecule has 210 valence electrons. The van der Waals surface area contributed by atoms with Gasteiger partial charge in [0, 0.05) is 6.92 Å². The molecule has 0 aromatic heterocycles. The lowest BCUT2D eigenvalue weighted by Gasteiger charge is -2.28. The lowest BCUT2D eigenvalue weighted by atomic mass is 9.93. The Morgan fingerprint density at radius 1 is 1.05 bits per heavy atom. The van der Waals surface area contributed by atoms with Crippen molar-refractivity contribution in [1.29, 1.82) is 10.5 Å². The second-order valence-corrected chi connectivity index (χ2v) is 10.4. The third-order valence-corrected chi connectivity index (χ3v) is 7.80. The Kier molecular flexibility index (Phi) is 8.63. The minimum atomic E-state index is -1.01. The smallest absolute Gasteiger partial charge is 0.251 e. The summed E-state index contributed by atoms with van der Waals surface area (Å²) in [4.78, 5) is 43.1. The highest BCUT2D eigenvalue weighted by molar-refractivity contribution is 6.08. The number of likely N-dealkylation sites (N-methyl/N-ethyl adjacent to an activating group) is 1. The average Bonchev–Trinajstić information content (AvgIpc) is 3.82. The first-order valence-electron chi connectivity index (χ1n) is 13.3. The van der Waals surface area contributed by atoms with E-state index in [0.29, 0.717) is 28.4 Å². The van der Waals surface area contributed by atoms with Crippen LogP contribution in [0.1, 0.15) is 54.9 Å². The Labute approximate surface area is 245 Å². The van der Waals surface area contributed by atoms with Crippen LogP contribution >= 0.6 is 12.4 Å². The van der Waals surface area contributed by atoms with Gasteiger partial charge in [-0.1, -0.05) is 24.3 Å². The molecule has 3 aromatic rings. The van der Waals surface area contributed by atoms with Gasteiger partial charge in [-0.05, 0) is 78.9 Å². The number of carbonyl (C=O) groups is 3. The number of halogens is 1. The molecule has 2 aliphatic rings. The van der Waals surface area contributed by atoms with E-state index in [1.54, 1.807) is 43.1 Å². The first-order valence-corrected chi connectivity index (χ1v) is 13.3. The van der Waals surface area contributed by atoms with Crippen LogP contribution in [0.15, 0.2) is 48.5 Å². The van der Waals surface area contributed by atoms with Gasteiger partial charge in [-0.25, -0.2) is 0 Å². The summed E-state index contributed by atoms with van der Waals surface area (Å²) in [7, 11) is 1.65. The maximum atomic E-state index is 14.3. The van der Waals surface area contributed by atoms with Gasteiger partial charge in [-0.2, -0.15) is 10.5 Å². The summed E-state index contributed by atoms with van der Waals surface area (Å²) in [6.07, 6.45) is 2.09. The van der Waals surface area contributed by atoms with E-state index in [1.165, 1.54) is 11.8 Å². The Hall–Kier alpha value is -4.44. The summed E-state index contributed by atoms with van der Waals surface area (Å²) >= 11 is 0. The molecule has 10 heteroatoms. The maximum Gasteiger partial charge on any atom is 0.251 e. The van der Waals surface area contributed by atoms with Crippen LogP contribution in [0.5, 0.6) is 0 Å². The topological polar surface area (TPSA) is 129 Å². The minimum Gasteiger partial charge on any atom is -0.341 e. The summed E-state index contributed by atoms with van der Waals surface area (Å²) in [6.45, 7) is 3.20. The van der Waals surface area contributed by atoms with Gasteiger partial charge in [0.1, 0.15) is 6.04 Å². The van der Waals surface area contributed by atoms with Crippen molar-refractivity contribution in [3.05, 3.63) is 70.8 Å². The quantitative estimate of drug-likeness (QED) is 0.463. The molecule has 1 fully saturated rings. The molecule has 2 atom stereocenters. The number of benzene rings is 3. The molecule has 0 spiro atoms. The van der Waals surface area contributed by atoms with E-state index in [-0.39, 0.29) is 43.2 Å². The van der Waals surface area contributed by atoms with Crippen LogP contribution in [0.2, 0.25) is 0 Å². The molecule has 1 aliphatic carbocycles. The van der Waals surface area contributed by atoms with Crippen molar-refractivity contribution in [2.24, 2.45) is 0 Å². The van der Waals surface area contributed by atoms with Crippen molar-refractivity contribution in [2.75, 3.05) is 23.4 Å². The lowest BCUT2D eigenvalue weighted by molar-refractivity contribution is -0.128. The van der Waals surface area contributed by atoms with E-state index in [2.05, 4.69) is 22.8 Å². The summed E-state index contributed by atoms with van der Waals surface area (Å²) in [6, 6.07) is 17.3. The van der Waals surface area contributed by atoms with Crippen LogP contribution < -0.4 is 20.4 Å². The van der Waals surface area contributed by atoms with E-state index >= 15 is 0 Å². The van der Waals surface area contributed by atoms with Crippen LogP contribution in [-0.2, 0) is 20.9 Å². The number of fused-ring (bicyclic) bond motifs is 2. The van der Waals surface area contributed by atoms with Gasteiger partial charge in [0.2, 0.25) is 11.8 Å². The molecule has 0 unspecified atom stereocenters. The summed E-state index contributed by atoms with van der Waals surface area (Å²) in [5.74, 6) is -0.667. The fourth-order valence-corrected chi connectivity index (χ4v) is 5.35. The molecule has 0 bridgehead atoms. The average molecular weight is 571 g/mol. The molecule has 9 nitrogen and oxygen atoms in total. The number of amides is 3. The molecule has 0 saturated heterocycles. The van der Waals surface area contributed by atoms with Gasteiger partial charge in [0.05, 0.1) is 53.8 Å². The zero-order valence-electron chi connectivity index (χ0n) is 23.1. The number of nitrogens with zero attached hydrogens (tertiary/aromatic N) is 4. The zero-order chi connectivity index (χ0) is 28.6. The molecule has 5 rings (SSSR count). The first-order chi connectivity index (χ1) is 19.3. The minimum absolute atomic E-state index is 0. The van der Waals surface area contributed by atoms with E-state index in [9.17, 15) is 24.9 Å². The third kappa shape index (κ3) is 5.60. The molecule has 0 radical (unpaired) electrons. The Morgan fingerprint density at radius 2 is 1.80 bits per heavy atom.